The van der Waals surface area contributed by atoms with E-state index in [1.807, 2.05) is 4.68 Å². The summed E-state index contributed by atoms with van der Waals surface area (Å²) in [6.07, 6.45) is 5.90. The highest BCUT2D eigenvalue weighted by Gasteiger charge is 2.37. The van der Waals surface area contributed by atoms with Gasteiger partial charge in [0.2, 0.25) is 0 Å². The second-order valence-corrected chi connectivity index (χ2v) is 5.99. The van der Waals surface area contributed by atoms with Crippen molar-refractivity contribution in [3.8, 4) is 0 Å². The van der Waals surface area contributed by atoms with Gasteiger partial charge in [0.15, 0.2) is 0 Å². The van der Waals surface area contributed by atoms with E-state index in [0.29, 0.717) is 0 Å². The van der Waals surface area contributed by atoms with E-state index in [2.05, 4.69) is 36.0 Å². The number of piperidine rings is 1. The predicted octanol–water partition coefficient (Wildman–Crippen LogP) is 1.99. The number of aliphatic hydroxyl groups is 1. The minimum Gasteiger partial charge on any atom is -0.385 e. The van der Waals surface area contributed by atoms with Crippen LogP contribution in [0.15, 0.2) is 6.20 Å². The van der Waals surface area contributed by atoms with Crippen molar-refractivity contribution < 1.29 is 5.11 Å². The van der Waals surface area contributed by atoms with Crippen molar-refractivity contribution in [1.82, 2.24) is 19.9 Å². The summed E-state index contributed by atoms with van der Waals surface area (Å²) < 4.78 is 1.83. The lowest BCUT2D eigenvalue weighted by atomic mass is 9.90. The lowest BCUT2D eigenvalue weighted by molar-refractivity contribution is -0.0251. The number of rotatable bonds is 5. The van der Waals surface area contributed by atoms with Crippen LogP contribution in [0.1, 0.15) is 58.3 Å². The fourth-order valence-electron chi connectivity index (χ4n) is 2.87. The SMILES string of the molecule is CCCn1nncc1C(O)C(C)(C)N1CCCCC1. The molecular weight excluding hydrogens is 240 g/mol. The first kappa shape index (κ1) is 14.5. The van der Waals surface area contributed by atoms with E-state index < -0.39 is 6.10 Å². The summed E-state index contributed by atoms with van der Waals surface area (Å²) >= 11 is 0. The van der Waals surface area contributed by atoms with E-state index >= 15 is 0 Å². The van der Waals surface area contributed by atoms with Crippen molar-refractivity contribution in [2.45, 2.75) is 64.6 Å². The minimum absolute atomic E-state index is 0.270. The van der Waals surface area contributed by atoms with Gasteiger partial charge in [-0.3, -0.25) is 4.90 Å². The van der Waals surface area contributed by atoms with Crippen molar-refractivity contribution in [3.63, 3.8) is 0 Å². The minimum atomic E-state index is -0.549. The van der Waals surface area contributed by atoms with Crippen LogP contribution in [-0.2, 0) is 6.54 Å². The molecule has 2 heterocycles. The molecule has 0 amide bonds. The van der Waals surface area contributed by atoms with Crippen LogP contribution in [0.3, 0.4) is 0 Å². The fraction of sp³-hybridized carbons (Fsp3) is 0.857. The maximum Gasteiger partial charge on any atom is 0.115 e. The third-order valence-corrected chi connectivity index (χ3v) is 4.20. The maximum atomic E-state index is 10.8. The molecule has 0 aromatic carbocycles. The van der Waals surface area contributed by atoms with Gasteiger partial charge in [0.25, 0.3) is 0 Å². The van der Waals surface area contributed by atoms with Gasteiger partial charge in [-0.15, -0.1) is 5.10 Å². The number of nitrogens with zero attached hydrogens (tertiary/aromatic N) is 4. The quantitative estimate of drug-likeness (QED) is 0.885. The topological polar surface area (TPSA) is 54.2 Å². The Kier molecular flexibility index (Phi) is 4.58. The predicted molar refractivity (Wildman–Crippen MR) is 74.8 cm³/mol. The van der Waals surface area contributed by atoms with E-state index in [0.717, 1.165) is 31.7 Å². The second kappa shape index (κ2) is 6.01. The first-order valence-corrected chi connectivity index (χ1v) is 7.39. The zero-order valence-corrected chi connectivity index (χ0v) is 12.3. The van der Waals surface area contributed by atoms with Crippen LogP contribution < -0.4 is 0 Å². The largest absolute Gasteiger partial charge is 0.385 e. The van der Waals surface area contributed by atoms with E-state index in [9.17, 15) is 5.11 Å². The van der Waals surface area contributed by atoms with Gasteiger partial charge in [-0.25, -0.2) is 4.68 Å². The van der Waals surface area contributed by atoms with Gasteiger partial charge >= 0.3 is 0 Å². The van der Waals surface area contributed by atoms with Crippen molar-refractivity contribution in [2.24, 2.45) is 0 Å². The molecule has 1 fully saturated rings. The van der Waals surface area contributed by atoms with Crippen molar-refractivity contribution in [2.75, 3.05) is 13.1 Å². The normalized spacial score (nSPS) is 19.6. The van der Waals surface area contributed by atoms with Crippen molar-refractivity contribution >= 4 is 0 Å². The van der Waals surface area contributed by atoms with Crippen LogP contribution in [0, 0.1) is 0 Å². The summed E-state index contributed by atoms with van der Waals surface area (Å²) in [5, 5.41) is 18.8. The summed E-state index contributed by atoms with van der Waals surface area (Å²) in [7, 11) is 0. The Bertz CT molecular complexity index is 396. The van der Waals surface area contributed by atoms with Crippen LogP contribution in [0.2, 0.25) is 0 Å². The molecule has 5 nitrogen and oxygen atoms in total. The number of aryl methyl sites for hydroxylation is 1. The molecule has 0 bridgehead atoms. The highest BCUT2D eigenvalue weighted by Crippen LogP contribution is 2.32. The van der Waals surface area contributed by atoms with Gasteiger partial charge in [-0.05, 0) is 46.2 Å². The number of hydrogen-bond donors (Lipinski definition) is 1. The Balaban J connectivity index is 2.16. The molecule has 1 N–H and O–H groups in total. The summed E-state index contributed by atoms with van der Waals surface area (Å²) in [5.41, 5.74) is 0.561. The average molecular weight is 266 g/mol. The monoisotopic (exact) mass is 266 g/mol. The molecule has 108 valence electrons. The molecule has 0 radical (unpaired) electrons. The Morgan fingerprint density at radius 2 is 2.00 bits per heavy atom. The highest BCUT2D eigenvalue weighted by molar-refractivity contribution is 5.07. The van der Waals surface area contributed by atoms with Crippen LogP contribution in [0.25, 0.3) is 0 Å². The molecule has 0 aliphatic carbocycles. The number of likely N-dealkylation sites (tertiary alicyclic amines) is 1. The summed E-state index contributed by atoms with van der Waals surface area (Å²) in [6.45, 7) is 9.29. The van der Waals surface area contributed by atoms with Gasteiger partial charge in [0.05, 0.1) is 11.9 Å². The lowest BCUT2D eigenvalue weighted by Gasteiger charge is -2.43. The highest BCUT2D eigenvalue weighted by atomic mass is 16.3. The van der Waals surface area contributed by atoms with Crippen LogP contribution >= 0.6 is 0 Å². The molecule has 19 heavy (non-hydrogen) atoms. The molecule has 0 saturated carbocycles. The third kappa shape index (κ3) is 2.98. The van der Waals surface area contributed by atoms with Crippen molar-refractivity contribution in [1.29, 1.82) is 0 Å². The molecule has 5 heteroatoms. The molecule has 0 spiro atoms. The Labute approximate surface area is 115 Å². The molecule has 1 aliphatic rings. The molecule has 2 rings (SSSR count). The van der Waals surface area contributed by atoms with Gasteiger partial charge < -0.3 is 5.11 Å². The second-order valence-electron chi connectivity index (χ2n) is 5.99. The average Bonchev–Trinajstić information content (AvgIpc) is 2.87. The van der Waals surface area contributed by atoms with E-state index in [-0.39, 0.29) is 5.54 Å². The molecule has 1 aromatic rings. The zero-order chi connectivity index (χ0) is 13.9. The fourth-order valence-corrected chi connectivity index (χ4v) is 2.87. The summed E-state index contributed by atoms with van der Waals surface area (Å²) in [5.74, 6) is 0. The molecule has 1 aromatic heterocycles. The molecule has 1 unspecified atom stereocenters. The number of hydrogen-bond acceptors (Lipinski definition) is 4. The Morgan fingerprint density at radius 3 is 2.63 bits per heavy atom. The standard InChI is InChI=1S/C14H26N4O/c1-4-8-18-12(11-15-16-18)13(19)14(2,3)17-9-6-5-7-10-17/h11,13,19H,4-10H2,1-3H3. The molecule has 1 atom stereocenters. The van der Waals surface area contributed by atoms with Crippen LogP contribution in [0.4, 0.5) is 0 Å². The summed E-state index contributed by atoms with van der Waals surface area (Å²) in [6, 6.07) is 0. The Morgan fingerprint density at radius 1 is 1.32 bits per heavy atom. The number of aromatic nitrogens is 3. The number of aliphatic hydroxyl groups excluding tert-OH is 1. The third-order valence-electron chi connectivity index (χ3n) is 4.20. The smallest absolute Gasteiger partial charge is 0.115 e. The maximum absolute atomic E-state index is 10.8. The molecule has 1 aliphatic heterocycles. The van der Waals surface area contributed by atoms with Gasteiger partial charge in [0.1, 0.15) is 6.10 Å². The molecular formula is C14H26N4O. The Hall–Kier alpha value is -0.940. The van der Waals surface area contributed by atoms with Gasteiger partial charge in [0, 0.05) is 12.1 Å². The van der Waals surface area contributed by atoms with Crippen LogP contribution in [-0.4, -0.2) is 43.6 Å². The summed E-state index contributed by atoms with van der Waals surface area (Å²) in [4.78, 5) is 2.39. The van der Waals surface area contributed by atoms with E-state index in [1.54, 1.807) is 6.20 Å². The van der Waals surface area contributed by atoms with Gasteiger partial charge in [-0.1, -0.05) is 18.6 Å². The molecule has 1 saturated heterocycles. The lowest BCUT2D eigenvalue weighted by Crippen LogP contribution is -2.51. The first-order valence-electron chi connectivity index (χ1n) is 7.39. The van der Waals surface area contributed by atoms with E-state index in [4.69, 9.17) is 0 Å². The van der Waals surface area contributed by atoms with E-state index in [1.165, 1.54) is 19.3 Å². The van der Waals surface area contributed by atoms with Crippen LogP contribution in [0.5, 0.6) is 0 Å². The van der Waals surface area contributed by atoms with Crippen molar-refractivity contribution in [3.05, 3.63) is 11.9 Å². The first-order chi connectivity index (χ1) is 9.07. The van der Waals surface area contributed by atoms with Gasteiger partial charge in [-0.2, -0.15) is 0 Å². The zero-order valence-electron chi connectivity index (χ0n) is 12.3.